The Morgan fingerprint density at radius 3 is 2.79 bits per heavy atom. The topological polar surface area (TPSA) is 68.5 Å². The lowest BCUT2D eigenvalue weighted by Crippen LogP contribution is -2.40. The monoisotopic (exact) mass is 395 g/mol. The second-order valence-electron chi connectivity index (χ2n) is 7.28. The second-order valence-corrected chi connectivity index (χ2v) is 7.28. The molecular formula is C22H22FN3O3. The van der Waals surface area contributed by atoms with E-state index in [0.717, 1.165) is 25.9 Å². The first-order chi connectivity index (χ1) is 14.1. The number of rotatable bonds is 5. The predicted molar refractivity (Wildman–Crippen MR) is 106 cm³/mol. The summed E-state index contributed by atoms with van der Waals surface area (Å²) < 4.78 is 24.5. The first-order valence-electron chi connectivity index (χ1n) is 9.70. The van der Waals surface area contributed by atoms with Gasteiger partial charge in [-0.3, -0.25) is 4.79 Å². The molecule has 2 aromatic carbocycles. The molecule has 4 rings (SSSR count). The number of hydrogen-bond donors (Lipinski definition) is 0. The van der Waals surface area contributed by atoms with E-state index in [2.05, 4.69) is 17.1 Å². The summed E-state index contributed by atoms with van der Waals surface area (Å²) in [5.74, 6) is 1.29. The van der Waals surface area contributed by atoms with E-state index in [1.807, 2.05) is 17.0 Å². The molecule has 1 fully saturated rings. The Morgan fingerprint density at radius 1 is 1.21 bits per heavy atom. The highest BCUT2D eigenvalue weighted by molar-refractivity contribution is 5.78. The zero-order valence-electron chi connectivity index (χ0n) is 16.2. The summed E-state index contributed by atoms with van der Waals surface area (Å²) in [6, 6.07) is 13.2. The highest BCUT2D eigenvalue weighted by atomic mass is 19.1. The molecule has 6 nitrogen and oxygen atoms in total. The summed E-state index contributed by atoms with van der Waals surface area (Å²) in [6.07, 6.45) is 2.04. The average Bonchev–Trinajstić information content (AvgIpc) is 3.23. The minimum atomic E-state index is -0.378. The number of benzene rings is 2. The zero-order valence-corrected chi connectivity index (χ0v) is 16.2. The van der Waals surface area contributed by atoms with Crippen LogP contribution in [0, 0.1) is 11.7 Å². The van der Waals surface area contributed by atoms with Gasteiger partial charge in [0.15, 0.2) is 6.61 Å². The number of ether oxygens (including phenoxy) is 1. The second kappa shape index (κ2) is 8.43. The van der Waals surface area contributed by atoms with Crippen molar-refractivity contribution in [2.24, 2.45) is 5.92 Å². The third-order valence-corrected chi connectivity index (χ3v) is 5.11. The van der Waals surface area contributed by atoms with Crippen molar-refractivity contribution in [3.63, 3.8) is 0 Å². The van der Waals surface area contributed by atoms with Gasteiger partial charge in [0.1, 0.15) is 11.6 Å². The van der Waals surface area contributed by atoms with Gasteiger partial charge < -0.3 is 14.2 Å². The van der Waals surface area contributed by atoms with Crippen molar-refractivity contribution in [1.82, 2.24) is 15.0 Å². The lowest BCUT2D eigenvalue weighted by Gasteiger charge is -2.30. The Kier molecular flexibility index (Phi) is 5.55. The molecule has 0 spiro atoms. The molecule has 7 heteroatoms. The van der Waals surface area contributed by atoms with Crippen LogP contribution in [0.5, 0.6) is 5.75 Å². The summed E-state index contributed by atoms with van der Waals surface area (Å²) in [4.78, 5) is 18.7. The first-order valence-corrected chi connectivity index (χ1v) is 9.70. The third-order valence-electron chi connectivity index (χ3n) is 5.11. The molecule has 1 saturated heterocycles. The lowest BCUT2D eigenvalue weighted by atomic mass is 9.99. The Bertz CT molecular complexity index is 996. The average molecular weight is 395 g/mol. The van der Waals surface area contributed by atoms with Gasteiger partial charge in [-0.2, -0.15) is 4.98 Å². The van der Waals surface area contributed by atoms with Crippen LogP contribution in [0.25, 0.3) is 22.8 Å². The van der Waals surface area contributed by atoms with Crippen LogP contribution < -0.4 is 4.74 Å². The van der Waals surface area contributed by atoms with Gasteiger partial charge in [-0.05, 0) is 49.1 Å². The van der Waals surface area contributed by atoms with Gasteiger partial charge in [0, 0.05) is 18.7 Å². The van der Waals surface area contributed by atoms with Crippen molar-refractivity contribution >= 4 is 5.91 Å². The normalized spacial score (nSPS) is 14.8. The van der Waals surface area contributed by atoms with Gasteiger partial charge in [-0.15, -0.1) is 0 Å². The van der Waals surface area contributed by atoms with Crippen molar-refractivity contribution in [3.8, 4) is 28.6 Å². The molecule has 0 atom stereocenters. The van der Waals surface area contributed by atoms with Crippen molar-refractivity contribution in [3.05, 3.63) is 54.3 Å². The van der Waals surface area contributed by atoms with E-state index in [9.17, 15) is 9.18 Å². The van der Waals surface area contributed by atoms with Crippen LogP contribution in [0.2, 0.25) is 0 Å². The Balaban J connectivity index is 1.48. The Morgan fingerprint density at radius 2 is 2.00 bits per heavy atom. The Hall–Kier alpha value is -3.22. The molecule has 1 aliphatic rings. The van der Waals surface area contributed by atoms with Gasteiger partial charge in [-0.1, -0.05) is 30.3 Å². The molecule has 0 bridgehead atoms. The fraction of sp³-hybridized carbons (Fsp3) is 0.318. The largest absolute Gasteiger partial charge is 0.483 e. The molecule has 0 N–H and O–H groups in total. The molecule has 1 aromatic heterocycles. The standard InChI is InChI=1S/C22H22FN3O3/c1-15-9-11-26(12-10-15)20(27)14-28-19-8-3-2-7-18(19)21-24-22(29-25-21)16-5-4-6-17(23)13-16/h2-8,13,15H,9-12,14H2,1H3. The smallest absolute Gasteiger partial charge is 0.260 e. The summed E-state index contributed by atoms with van der Waals surface area (Å²) in [5, 5.41) is 3.99. The lowest BCUT2D eigenvalue weighted by molar-refractivity contribution is -0.134. The van der Waals surface area contributed by atoms with Crippen molar-refractivity contribution in [2.75, 3.05) is 19.7 Å². The maximum atomic E-state index is 13.5. The highest BCUT2D eigenvalue weighted by Crippen LogP contribution is 2.30. The maximum Gasteiger partial charge on any atom is 0.260 e. The number of carbonyl (C=O) groups is 1. The van der Waals surface area contributed by atoms with Crippen LogP contribution in [0.4, 0.5) is 4.39 Å². The van der Waals surface area contributed by atoms with Gasteiger partial charge in [-0.25, -0.2) is 4.39 Å². The Labute approximate surface area is 168 Å². The van der Waals surface area contributed by atoms with E-state index < -0.39 is 0 Å². The molecule has 1 aliphatic heterocycles. The maximum absolute atomic E-state index is 13.5. The van der Waals surface area contributed by atoms with Crippen molar-refractivity contribution in [1.29, 1.82) is 0 Å². The van der Waals surface area contributed by atoms with Crippen molar-refractivity contribution in [2.45, 2.75) is 19.8 Å². The zero-order chi connectivity index (χ0) is 20.2. The van der Waals surface area contributed by atoms with Gasteiger partial charge in [0.2, 0.25) is 5.82 Å². The fourth-order valence-corrected chi connectivity index (χ4v) is 3.34. The number of halogens is 1. The molecule has 0 saturated carbocycles. The SMILES string of the molecule is CC1CCN(C(=O)COc2ccccc2-c2noc(-c3cccc(F)c3)n2)CC1. The van der Waals surface area contributed by atoms with Gasteiger partial charge in [0.05, 0.1) is 5.56 Å². The minimum absolute atomic E-state index is 0.0275. The van der Waals surface area contributed by atoms with Crippen LogP contribution in [-0.2, 0) is 4.79 Å². The van der Waals surface area contributed by atoms with E-state index in [1.165, 1.54) is 12.1 Å². The molecule has 3 aromatic rings. The molecule has 2 heterocycles. The van der Waals surface area contributed by atoms with Crippen LogP contribution in [0.15, 0.2) is 53.1 Å². The van der Waals surface area contributed by atoms with E-state index in [1.54, 1.807) is 24.3 Å². The molecule has 0 aliphatic carbocycles. The predicted octanol–water partition coefficient (Wildman–Crippen LogP) is 4.18. The fourth-order valence-electron chi connectivity index (χ4n) is 3.34. The van der Waals surface area contributed by atoms with E-state index in [-0.39, 0.29) is 24.2 Å². The van der Waals surface area contributed by atoms with Gasteiger partial charge >= 0.3 is 0 Å². The number of hydrogen-bond acceptors (Lipinski definition) is 5. The quantitative estimate of drug-likeness (QED) is 0.648. The van der Waals surface area contributed by atoms with Crippen LogP contribution in [-0.4, -0.2) is 40.6 Å². The molecule has 1 amide bonds. The molecule has 0 radical (unpaired) electrons. The summed E-state index contributed by atoms with van der Waals surface area (Å²) in [6.45, 7) is 3.71. The van der Waals surface area contributed by atoms with Crippen LogP contribution >= 0.6 is 0 Å². The van der Waals surface area contributed by atoms with Crippen LogP contribution in [0.1, 0.15) is 19.8 Å². The van der Waals surface area contributed by atoms with E-state index >= 15 is 0 Å². The van der Waals surface area contributed by atoms with Gasteiger partial charge in [0.25, 0.3) is 11.8 Å². The minimum Gasteiger partial charge on any atom is -0.483 e. The summed E-state index contributed by atoms with van der Waals surface area (Å²) in [7, 11) is 0. The number of likely N-dealkylation sites (tertiary alicyclic amines) is 1. The summed E-state index contributed by atoms with van der Waals surface area (Å²) in [5.41, 5.74) is 1.11. The number of para-hydroxylation sites is 1. The van der Waals surface area contributed by atoms with Crippen LogP contribution in [0.3, 0.4) is 0 Å². The van der Waals surface area contributed by atoms with E-state index in [0.29, 0.717) is 28.6 Å². The van der Waals surface area contributed by atoms with E-state index in [4.69, 9.17) is 9.26 Å². The molecular weight excluding hydrogens is 373 g/mol. The first kappa shape index (κ1) is 19.1. The third kappa shape index (κ3) is 4.45. The molecule has 0 unspecified atom stereocenters. The number of carbonyl (C=O) groups excluding carboxylic acids is 1. The molecule has 29 heavy (non-hydrogen) atoms. The number of aromatic nitrogens is 2. The highest BCUT2D eigenvalue weighted by Gasteiger charge is 2.21. The number of amides is 1. The van der Waals surface area contributed by atoms with Crippen molar-refractivity contribution < 1.29 is 18.4 Å². The number of piperidine rings is 1. The number of nitrogens with zero attached hydrogens (tertiary/aromatic N) is 3. The summed E-state index contributed by atoms with van der Waals surface area (Å²) >= 11 is 0. The molecule has 150 valence electrons.